The first-order chi connectivity index (χ1) is 8.79. The lowest BCUT2D eigenvalue weighted by molar-refractivity contribution is 0.0771. The van der Waals surface area contributed by atoms with Crippen LogP contribution < -0.4 is 5.32 Å². The van der Waals surface area contributed by atoms with Crippen molar-refractivity contribution in [2.24, 2.45) is 11.8 Å². The predicted octanol–water partition coefficient (Wildman–Crippen LogP) is 1.19. The Labute approximate surface area is 108 Å². The number of carbonyl (C=O) groups excluding carboxylic acids is 1. The minimum atomic E-state index is 0.211. The molecule has 1 aromatic heterocycles. The second-order valence-corrected chi connectivity index (χ2v) is 5.48. The first-order valence-corrected chi connectivity index (χ1v) is 6.94. The molecule has 0 spiro atoms. The van der Waals surface area contributed by atoms with Crippen LogP contribution in [0.25, 0.3) is 0 Å². The maximum Gasteiger partial charge on any atom is 0.270 e. The number of fused-ring (bicyclic) bond motifs is 1. The number of nitrogens with zero attached hydrogens (tertiary/aromatic N) is 2. The van der Waals surface area contributed by atoms with Crippen LogP contribution in [0, 0.1) is 11.8 Å². The highest BCUT2D eigenvalue weighted by atomic mass is 16.2. The second kappa shape index (κ2) is 4.76. The molecule has 0 radical (unpaired) electrons. The van der Waals surface area contributed by atoms with E-state index in [2.05, 4.69) is 16.8 Å². The molecule has 18 heavy (non-hydrogen) atoms. The van der Waals surface area contributed by atoms with Gasteiger partial charge in [-0.3, -0.25) is 4.79 Å². The van der Waals surface area contributed by atoms with Crippen molar-refractivity contribution in [1.82, 2.24) is 14.8 Å². The molecule has 98 valence electrons. The van der Waals surface area contributed by atoms with Gasteiger partial charge < -0.3 is 14.8 Å². The van der Waals surface area contributed by atoms with Gasteiger partial charge in [-0.25, -0.2) is 0 Å². The number of rotatable bonds is 3. The summed E-state index contributed by atoms with van der Waals surface area (Å²) < 4.78 is 2.08. The van der Waals surface area contributed by atoms with Crippen molar-refractivity contribution in [3.63, 3.8) is 0 Å². The summed E-state index contributed by atoms with van der Waals surface area (Å²) in [6.45, 7) is 7.06. The molecule has 2 aliphatic heterocycles. The molecule has 0 unspecified atom stereocenters. The molecule has 1 amide bonds. The van der Waals surface area contributed by atoms with Crippen LogP contribution in [-0.4, -0.2) is 41.6 Å². The van der Waals surface area contributed by atoms with Crippen LogP contribution in [-0.2, 0) is 6.54 Å². The molecule has 2 fully saturated rings. The molecule has 1 aromatic rings. The lowest BCUT2D eigenvalue weighted by atomic mass is 10.0. The number of nitrogens with one attached hydrogen (secondary N) is 1. The molecule has 2 aliphatic rings. The van der Waals surface area contributed by atoms with E-state index in [1.165, 1.54) is 0 Å². The summed E-state index contributed by atoms with van der Waals surface area (Å²) in [4.78, 5) is 14.6. The fourth-order valence-electron chi connectivity index (χ4n) is 3.23. The fraction of sp³-hybridized carbons (Fsp3) is 0.643. The third-order valence-electron chi connectivity index (χ3n) is 4.19. The van der Waals surface area contributed by atoms with E-state index >= 15 is 0 Å². The van der Waals surface area contributed by atoms with Crippen LogP contribution >= 0.6 is 0 Å². The quantitative estimate of drug-likeness (QED) is 0.871. The molecule has 4 heteroatoms. The van der Waals surface area contributed by atoms with Gasteiger partial charge >= 0.3 is 0 Å². The van der Waals surface area contributed by atoms with Gasteiger partial charge in [0.15, 0.2) is 0 Å². The topological polar surface area (TPSA) is 37.3 Å². The highest BCUT2D eigenvalue weighted by molar-refractivity contribution is 5.93. The second-order valence-electron chi connectivity index (χ2n) is 5.48. The Morgan fingerprint density at radius 2 is 2.11 bits per heavy atom. The lowest BCUT2D eigenvalue weighted by Crippen LogP contribution is -2.33. The third-order valence-corrected chi connectivity index (χ3v) is 4.19. The normalized spacial score (nSPS) is 26.6. The van der Waals surface area contributed by atoms with Crippen molar-refractivity contribution in [1.29, 1.82) is 0 Å². The minimum Gasteiger partial charge on any atom is -0.344 e. The van der Waals surface area contributed by atoms with Gasteiger partial charge in [0.1, 0.15) is 5.69 Å². The van der Waals surface area contributed by atoms with Gasteiger partial charge in [-0.15, -0.1) is 0 Å². The lowest BCUT2D eigenvalue weighted by Gasteiger charge is -2.18. The largest absolute Gasteiger partial charge is 0.344 e. The van der Waals surface area contributed by atoms with Crippen molar-refractivity contribution in [3.8, 4) is 0 Å². The van der Waals surface area contributed by atoms with E-state index in [1.807, 2.05) is 23.2 Å². The summed E-state index contributed by atoms with van der Waals surface area (Å²) in [7, 11) is 0. The summed E-state index contributed by atoms with van der Waals surface area (Å²) in [6, 6.07) is 3.92. The molecule has 3 rings (SSSR count). The summed E-state index contributed by atoms with van der Waals surface area (Å²) in [5.74, 6) is 1.55. The average Bonchev–Trinajstić information content (AvgIpc) is 3.02. The molecule has 0 saturated carbocycles. The van der Waals surface area contributed by atoms with Crippen molar-refractivity contribution in [2.45, 2.75) is 19.9 Å². The minimum absolute atomic E-state index is 0.211. The zero-order valence-corrected chi connectivity index (χ0v) is 10.9. The van der Waals surface area contributed by atoms with E-state index in [-0.39, 0.29) is 5.91 Å². The van der Waals surface area contributed by atoms with Gasteiger partial charge in [0.2, 0.25) is 0 Å². The molecular weight excluding hydrogens is 226 g/mol. The zero-order valence-electron chi connectivity index (χ0n) is 10.9. The number of carbonyl (C=O) groups is 1. The van der Waals surface area contributed by atoms with E-state index in [4.69, 9.17) is 0 Å². The van der Waals surface area contributed by atoms with Gasteiger partial charge in [-0.1, -0.05) is 6.92 Å². The van der Waals surface area contributed by atoms with Crippen LogP contribution in [0.1, 0.15) is 23.8 Å². The molecule has 0 aromatic carbocycles. The molecule has 2 saturated heterocycles. The van der Waals surface area contributed by atoms with Gasteiger partial charge in [-0.05, 0) is 30.4 Å². The molecule has 1 N–H and O–H groups in total. The number of hydrogen-bond donors (Lipinski definition) is 1. The smallest absolute Gasteiger partial charge is 0.270 e. The molecule has 0 aliphatic carbocycles. The van der Waals surface area contributed by atoms with Crippen LogP contribution in [0.3, 0.4) is 0 Å². The summed E-state index contributed by atoms with van der Waals surface area (Å²) >= 11 is 0. The number of hydrogen-bond acceptors (Lipinski definition) is 2. The van der Waals surface area contributed by atoms with Crippen molar-refractivity contribution in [2.75, 3.05) is 26.2 Å². The van der Waals surface area contributed by atoms with E-state index < -0.39 is 0 Å². The van der Waals surface area contributed by atoms with E-state index in [0.717, 1.165) is 44.8 Å². The van der Waals surface area contributed by atoms with Gasteiger partial charge in [0.25, 0.3) is 5.91 Å². The van der Waals surface area contributed by atoms with E-state index in [0.29, 0.717) is 11.8 Å². The van der Waals surface area contributed by atoms with Crippen LogP contribution in [0.15, 0.2) is 18.3 Å². The zero-order chi connectivity index (χ0) is 12.5. The summed E-state index contributed by atoms with van der Waals surface area (Å²) in [5, 5.41) is 3.41. The maximum atomic E-state index is 12.5. The van der Waals surface area contributed by atoms with Gasteiger partial charge in [0.05, 0.1) is 0 Å². The predicted molar refractivity (Wildman–Crippen MR) is 70.5 cm³/mol. The summed E-state index contributed by atoms with van der Waals surface area (Å²) in [5.41, 5.74) is 0.852. The first-order valence-electron chi connectivity index (χ1n) is 6.94. The van der Waals surface area contributed by atoms with Crippen LogP contribution in [0.4, 0.5) is 0 Å². The SMILES string of the molecule is CCCn1cccc1C(=O)N1C[C@H]2CNC[C@H]2C1. The van der Waals surface area contributed by atoms with E-state index in [9.17, 15) is 4.79 Å². The molecule has 3 heterocycles. The maximum absolute atomic E-state index is 12.5. The highest BCUT2D eigenvalue weighted by Gasteiger charge is 2.38. The van der Waals surface area contributed by atoms with Crippen molar-refractivity contribution in [3.05, 3.63) is 24.0 Å². The van der Waals surface area contributed by atoms with Crippen LogP contribution in [0.2, 0.25) is 0 Å². The fourth-order valence-corrected chi connectivity index (χ4v) is 3.23. The highest BCUT2D eigenvalue weighted by Crippen LogP contribution is 2.27. The Kier molecular flexibility index (Phi) is 3.12. The number of amides is 1. The Balaban J connectivity index is 1.73. The Hall–Kier alpha value is -1.29. The van der Waals surface area contributed by atoms with Gasteiger partial charge in [0, 0.05) is 38.9 Å². The molecule has 0 bridgehead atoms. The standard InChI is InChI=1S/C14H21N3O/c1-2-5-16-6-3-4-13(16)14(18)17-9-11-7-15-8-12(11)10-17/h3-4,6,11-12,15H,2,5,7-10H2,1H3/t11-,12+. The monoisotopic (exact) mass is 247 g/mol. The van der Waals surface area contributed by atoms with Crippen molar-refractivity contribution < 1.29 is 4.79 Å². The molecule has 4 nitrogen and oxygen atoms in total. The number of aryl methyl sites for hydroxylation is 1. The third kappa shape index (κ3) is 1.94. The van der Waals surface area contributed by atoms with Crippen LogP contribution in [0.5, 0.6) is 0 Å². The van der Waals surface area contributed by atoms with Gasteiger partial charge in [-0.2, -0.15) is 0 Å². The molecule has 2 atom stereocenters. The van der Waals surface area contributed by atoms with E-state index in [1.54, 1.807) is 0 Å². The number of likely N-dealkylation sites (tertiary alicyclic amines) is 1. The first kappa shape index (κ1) is 11.8. The number of aromatic nitrogens is 1. The van der Waals surface area contributed by atoms with Crippen molar-refractivity contribution >= 4 is 5.91 Å². The summed E-state index contributed by atoms with van der Waals surface area (Å²) in [6.07, 6.45) is 3.07. The Morgan fingerprint density at radius 1 is 1.39 bits per heavy atom. The Bertz CT molecular complexity index is 428. The Morgan fingerprint density at radius 3 is 2.78 bits per heavy atom. The average molecular weight is 247 g/mol. The molecular formula is C14H21N3O.